The van der Waals surface area contributed by atoms with Gasteiger partial charge in [-0.2, -0.15) is 15.0 Å². The molecule has 29 heavy (non-hydrogen) atoms. The SMILES string of the molecule is COc1cccc(NC(=O)CSCc2nc(N)nc(Nc3ccc(C)cc3)n2)c1. The molecule has 3 aromatic rings. The van der Waals surface area contributed by atoms with Crippen molar-refractivity contribution in [3.05, 3.63) is 59.9 Å². The average molecular weight is 411 g/mol. The third-order valence-electron chi connectivity index (χ3n) is 3.82. The third kappa shape index (κ3) is 6.35. The topological polar surface area (TPSA) is 115 Å². The molecule has 0 fully saturated rings. The van der Waals surface area contributed by atoms with Crippen molar-refractivity contribution >= 4 is 40.9 Å². The van der Waals surface area contributed by atoms with Crippen LogP contribution in [0.4, 0.5) is 23.3 Å². The van der Waals surface area contributed by atoms with Crippen LogP contribution >= 0.6 is 11.8 Å². The van der Waals surface area contributed by atoms with Crippen molar-refractivity contribution in [2.75, 3.05) is 29.2 Å². The molecule has 4 N–H and O–H groups in total. The molecule has 0 aliphatic carbocycles. The van der Waals surface area contributed by atoms with Crippen LogP contribution in [0.5, 0.6) is 5.75 Å². The summed E-state index contributed by atoms with van der Waals surface area (Å²) in [6, 6.07) is 15.1. The summed E-state index contributed by atoms with van der Waals surface area (Å²) < 4.78 is 5.15. The maximum absolute atomic E-state index is 12.1. The second kappa shape index (κ2) is 9.74. The largest absolute Gasteiger partial charge is 0.497 e. The van der Waals surface area contributed by atoms with E-state index in [4.69, 9.17) is 10.5 Å². The minimum Gasteiger partial charge on any atom is -0.497 e. The molecule has 0 unspecified atom stereocenters. The highest BCUT2D eigenvalue weighted by atomic mass is 32.2. The van der Waals surface area contributed by atoms with Gasteiger partial charge in [-0.15, -0.1) is 11.8 Å². The fourth-order valence-electron chi connectivity index (χ4n) is 2.46. The van der Waals surface area contributed by atoms with E-state index >= 15 is 0 Å². The first kappa shape index (κ1) is 20.4. The first-order chi connectivity index (χ1) is 14.0. The number of rotatable bonds is 8. The molecule has 9 heteroatoms. The standard InChI is InChI=1S/C20H22N6O2S/c1-13-6-8-14(9-7-13)23-20-25-17(24-19(21)26-20)11-29-12-18(27)22-15-4-3-5-16(10-15)28-2/h3-10H,11-12H2,1-2H3,(H,22,27)(H3,21,23,24,25,26). The summed E-state index contributed by atoms with van der Waals surface area (Å²) in [5, 5.41) is 5.95. The van der Waals surface area contributed by atoms with Crippen LogP contribution in [0.1, 0.15) is 11.4 Å². The zero-order valence-corrected chi connectivity index (χ0v) is 17.0. The van der Waals surface area contributed by atoms with Gasteiger partial charge in [-0.05, 0) is 31.2 Å². The number of aryl methyl sites for hydroxylation is 1. The van der Waals surface area contributed by atoms with Gasteiger partial charge in [0.05, 0.1) is 18.6 Å². The van der Waals surface area contributed by atoms with Gasteiger partial charge in [-0.25, -0.2) is 0 Å². The molecule has 0 atom stereocenters. The summed E-state index contributed by atoms with van der Waals surface area (Å²) in [4.78, 5) is 24.8. The highest BCUT2D eigenvalue weighted by Crippen LogP contribution is 2.18. The van der Waals surface area contributed by atoms with E-state index in [0.29, 0.717) is 29.0 Å². The number of aromatic nitrogens is 3. The van der Waals surface area contributed by atoms with E-state index in [1.165, 1.54) is 11.8 Å². The lowest BCUT2D eigenvalue weighted by atomic mass is 10.2. The Morgan fingerprint density at radius 2 is 1.90 bits per heavy atom. The number of thioether (sulfide) groups is 1. The Bertz CT molecular complexity index is 981. The molecule has 0 aliphatic heterocycles. The maximum atomic E-state index is 12.1. The van der Waals surface area contributed by atoms with Crippen molar-refractivity contribution in [3.8, 4) is 5.75 Å². The average Bonchev–Trinajstić information content (AvgIpc) is 2.69. The molecule has 150 valence electrons. The molecule has 3 rings (SSSR count). The number of hydrogen-bond donors (Lipinski definition) is 3. The van der Waals surface area contributed by atoms with Gasteiger partial charge < -0.3 is 21.1 Å². The molecule has 0 saturated heterocycles. The number of hydrogen-bond acceptors (Lipinski definition) is 8. The summed E-state index contributed by atoms with van der Waals surface area (Å²) in [6.07, 6.45) is 0. The van der Waals surface area contributed by atoms with E-state index in [1.807, 2.05) is 43.3 Å². The molecule has 0 bridgehead atoms. The van der Waals surface area contributed by atoms with Crippen molar-refractivity contribution in [2.24, 2.45) is 0 Å². The van der Waals surface area contributed by atoms with Crippen LogP contribution in [-0.4, -0.2) is 33.7 Å². The molecular formula is C20H22N6O2S. The van der Waals surface area contributed by atoms with Gasteiger partial charge >= 0.3 is 0 Å². The first-order valence-electron chi connectivity index (χ1n) is 8.87. The van der Waals surface area contributed by atoms with Gasteiger partial charge in [0.25, 0.3) is 0 Å². The van der Waals surface area contributed by atoms with Crippen LogP contribution in [0, 0.1) is 6.92 Å². The zero-order valence-electron chi connectivity index (χ0n) is 16.2. The number of benzene rings is 2. The normalized spacial score (nSPS) is 10.4. The highest BCUT2D eigenvalue weighted by molar-refractivity contribution is 7.99. The minimum atomic E-state index is -0.122. The van der Waals surface area contributed by atoms with Gasteiger partial charge in [0, 0.05) is 17.4 Å². The number of nitrogens with zero attached hydrogens (tertiary/aromatic N) is 3. The van der Waals surface area contributed by atoms with Crippen LogP contribution in [0.2, 0.25) is 0 Å². The van der Waals surface area contributed by atoms with E-state index < -0.39 is 0 Å². The lowest BCUT2D eigenvalue weighted by molar-refractivity contribution is -0.113. The molecule has 8 nitrogen and oxygen atoms in total. The van der Waals surface area contributed by atoms with Gasteiger partial charge in [0.1, 0.15) is 11.6 Å². The van der Waals surface area contributed by atoms with Crippen LogP contribution in [0.25, 0.3) is 0 Å². The van der Waals surface area contributed by atoms with E-state index in [0.717, 1.165) is 11.3 Å². The second-order valence-corrected chi connectivity index (χ2v) is 7.18. The summed E-state index contributed by atoms with van der Waals surface area (Å²) in [7, 11) is 1.58. The van der Waals surface area contributed by atoms with Gasteiger partial charge in [0.2, 0.25) is 17.8 Å². The Hall–Kier alpha value is -3.33. The monoisotopic (exact) mass is 410 g/mol. The molecular weight excluding hydrogens is 388 g/mol. The van der Waals surface area contributed by atoms with Crippen molar-refractivity contribution in [2.45, 2.75) is 12.7 Å². The fourth-order valence-corrected chi connectivity index (χ4v) is 3.13. The smallest absolute Gasteiger partial charge is 0.234 e. The Morgan fingerprint density at radius 3 is 2.66 bits per heavy atom. The van der Waals surface area contributed by atoms with E-state index in [9.17, 15) is 4.79 Å². The highest BCUT2D eigenvalue weighted by Gasteiger charge is 2.08. The number of ether oxygens (including phenoxy) is 1. The lowest BCUT2D eigenvalue weighted by Crippen LogP contribution is -2.14. The predicted molar refractivity (Wildman–Crippen MR) is 116 cm³/mol. The summed E-state index contributed by atoms with van der Waals surface area (Å²) in [5.74, 6) is 2.26. The predicted octanol–water partition coefficient (Wildman–Crippen LogP) is 3.39. The van der Waals surface area contributed by atoms with Crippen molar-refractivity contribution in [1.82, 2.24) is 15.0 Å². The Labute approximate surface area is 173 Å². The fraction of sp³-hybridized carbons (Fsp3) is 0.200. The van der Waals surface area contributed by atoms with Crippen LogP contribution in [0.3, 0.4) is 0 Å². The molecule has 0 spiro atoms. The Balaban J connectivity index is 1.54. The summed E-state index contributed by atoms with van der Waals surface area (Å²) >= 11 is 1.39. The van der Waals surface area contributed by atoms with Crippen molar-refractivity contribution in [3.63, 3.8) is 0 Å². The minimum absolute atomic E-state index is 0.122. The summed E-state index contributed by atoms with van der Waals surface area (Å²) in [5.41, 5.74) is 8.50. The summed E-state index contributed by atoms with van der Waals surface area (Å²) in [6.45, 7) is 2.02. The molecule has 0 saturated carbocycles. The van der Waals surface area contributed by atoms with E-state index in [2.05, 4.69) is 25.6 Å². The maximum Gasteiger partial charge on any atom is 0.234 e. The van der Waals surface area contributed by atoms with Gasteiger partial charge in [-0.3, -0.25) is 4.79 Å². The zero-order chi connectivity index (χ0) is 20.6. The number of amides is 1. The van der Waals surface area contributed by atoms with Crippen molar-refractivity contribution in [1.29, 1.82) is 0 Å². The Morgan fingerprint density at radius 1 is 1.10 bits per heavy atom. The number of carbonyl (C=O) groups excluding carboxylic acids is 1. The number of anilines is 4. The number of nitrogens with one attached hydrogen (secondary N) is 2. The van der Waals surface area contributed by atoms with Crippen molar-refractivity contribution < 1.29 is 9.53 Å². The van der Waals surface area contributed by atoms with E-state index in [1.54, 1.807) is 19.2 Å². The number of methoxy groups -OCH3 is 1. The van der Waals surface area contributed by atoms with Crippen LogP contribution < -0.4 is 21.1 Å². The molecule has 1 aromatic heterocycles. The van der Waals surface area contributed by atoms with Crippen LogP contribution in [-0.2, 0) is 10.5 Å². The molecule has 1 heterocycles. The number of nitrogens with two attached hydrogens (primary N) is 1. The van der Waals surface area contributed by atoms with Gasteiger partial charge in [-0.1, -0.05) is 23.8 Å². The molecule has 0 aliphatic rings. The Kier molecular flexibility index (Phi) is 6.85. The third-order valence-corrected chi connectivity index (χ3v) is 4.75. The van der Waals surface area contributed by atoms with Crippen LogP contribution in [0.15, 0.2) is 48.5 Å². The second-order valence-electron chi connectivity index (χ2n) is 6.20. The van der Waals surface area contributed by atoms with E-state index in [-0.39, 0.29) is 17.6 Å². The first-order valence-corrected chi connectivity index (χ1v) is 10.0. The number of carbonyl (C=O) groups is 1. The lowest BCUT2D eigenvalue weighted by Gasteiger charge is -2.08. The molecule has 2 aromatic carbocycles. The molecule has 1 amide bonds. The van der Waals surface area contributed by atoms with Gasteiger partial charge in [0.15, 0.2) is 0 Å². The quantitative estimate of drug-likeness (QED) is 0.518. The molecule has 0 radical (unpaired) electrons. The number of nitrogen functional groups attached to an aromatic ring is 1.